The number of carbonyl (C=O) groups is 1. The van der Waals surface area contributed by atoms with Crippen LogP contribution in [0.2, 0.25) is 0 Å². The van der Waals surface area contributed by atoms with E-state index in [-0.39, 0.29) is 5.92 Å². The molecule has 1 N–H and O–H groups in total. The minimum Gasteiger partial charge on any atom is -0.481 e. The predicted octanol–water partition coefficient (Wildman–Crippen LogP) is 0.948. The summed E-state index contributed by atoms with van der Waals surface area (Å²) in [7, 11) is 0. The number of nitrogens with zero attached hydrogens (tertiary/aromatic N) is 4. The second-order valence-electron chi connectivity index (χ2n) is 3.93. The van der Waals surface area contributed by atoms with Gasteiger partial charge in [-0.15, -0.1) is 5.10 Å². The lowest BCUT2D eigenvalue weighted by atomic mass is 9.93. The molecule has 0 radical (unpaired) electrons. The number of imidazole rings is 1. The fourth-order valence-corrected chi connectivity index (χ4v) is 1.76. The maximum absolute atomic E-state index is 11.2. The van der Waals surface area contributed by atoms with Crippen molar-refractivity contribution in [3.8, 4) is 0 Å². The first-order valence-corrected chi connectivity index (χ1v) is 4.98. The van der Waals surface area contributed by atoms with Crippen molar-refractivity contribution in [3.63, 3.8) is 0 Å². The lowest BCUT2D eigenvalue weighted by Gasteiger charge is -2.15. The highest BCUT2D eigenvalue weighted by Crippen LogP contribution is 2.24. The van der Waals surface area contributed by atoms with Gasteiger partial charge >= 0.3 is 5.97 Å². The van der Waals surface area contributed by atoms with Crippen LogP contribution in [0.3, 0.4) is 0 Å². The van der Waals surface area contributed by atoms with Crippen LogP contribution < -0.4 is 0 Å². The van der Waals surface area contributed by atoms with Crippen molar-refractivity contribution < 1.29 is 9.90 Å². The average Bonchev–Trinajstić information content (AvgIpc) is 2.61. The first kappa shape index (κ1) is 10.5. The highest BCUT2D eigenvalue weighted by molar-refractivity contribution is 5.76. The number of aromatic nitrogens is 4. The normalized spacial score (nSPS) is 13.2. The Morgan fingerprint density at radius 3 is 2.88 bits per heavy atom. The van der Waals surface area contributed by atoms with Gasteiger partial charge < -0.3 is 5.11 Å². The number of aliphatic carboxylic acids is 1. The van der Waals surface area contributed by atoms with Gasteiger partial charge in [0.2, 0.25) is 0 Å². The number of carboxylic acids is 1. The van der Waals surface area contributed by atoms with Crippen molar-refractivity contribution in [3.05, 3.63) is 24.3 Å². The van der Waals surface area contributed by atoms with Crippen LogP contribution in [0.15, 0.2) is 18.6 Å². The minimum absolute atomic E-state index is 0.00874. The van der Waals surface area contributed by atoms with E-state index in [0.717, 1.165) is 0 Å². The van der Waals surface area contributed by atoms with Crippen molar-refractivity contribution in [2.24, 2.45) is 5.92 Å². The van der Waals surface area contributed by atoms with E-state index in [1.165, 1.54) is 6.20 Å². The molecule has 6 nitrogen and oxygen atoms in total. The van der Waals surface area contributed by atoms with Gasteiger partial charge in [-0.1, -0.05) is 13.8 Å². The summed E-state index contributed by atoms with van der Waals surface area (Å²) in [5, 5.41) is 16.7. The Kier molecular flexibility index (Phi) is 2.55. The van der Waals surface area contributed by atoms with Crippen molar-refractivity contribution in [2.75, 3.05) is 0 Å². The number of hydrogen-bond donors (Lipinski definition) is 1. The smallest absolute Gasteiger partial charge is 0.312 e. The van der Waals surface area contributed by atoms with Crippen molar-refractivity contribution >= 4 is 11.7 Å². The number of fused-ring (bicyclic) bond motifs is 1. The molecule has 0 spiro atoms. The molecule has 1 atom stereocenters. The summed E-state index contributed by atoms with van der Waals surface area (Å²) in [5.41, 5.74) is 0.632. The Balaban J connectivity index is 2.57. The van der Waals surface area contributed by atoms with E-state index >= 15 is 0 Å². The lowest BCUT2D eigenvalue weighted by Crippen LogP contribution is -2.19. The molecule has 0 aromatic carbocycles. The Bertz CT molecular complexity index is 520. The average molecular weight is 220 g/mol. The third-order valence-corrected chi connectivity index (χ3v) is 2.49. The maximum atomic E-state index is 11.2. The van der Waals surface area contributed by atoms with E-state index in [1.807, 2.05) is 13.8 Å². The molecule has 2 heterocycles. The molecule has 0 saturated carbocycles. The van der Waals surface area contributed by atoms with Crippen LogP contribution in [0.1, 0.15) is 25.5 Å². The molecular weight excluding hydrogens is 208 g/mol. The van der Waals surface area contributed by atoms with Gasteiger partial charge in [0.15, 0.2) is 0 Å². The monoisotopic (exact) mass is 220 g/mol. The summed E-state index contributed by atoms with van der Waals surface area (Å²) in [4.78, 5) is 15.2. The molecule has 0 aliphatic carbocycles. The summed E-state index contributed by atoms with van der Waals surface area (Å²) in [5.74, 6) is -1.03. The van der Waals surface area contributed by atoms with E-state index in [4.69, 9.17) is 0 Å². The summed E-state index contributed by atoms with van der Waals surface area (Å²) < 4.78 is 1.66. The van der Waals surface area contributed by atoms with E-state index in [0.29, 0.717) is 11.5 Å². The van der Waals surface area contributed by atoms with Crippen LogP contribution >= 0.6 is 0 Å². The molecule has 0 fully saturated rings. The zero-order valence-electron chi connectivity index (χ0n) is 9.03. The zero-order valence-corrected chi connectivity index (χ0v) is 9.03. The third-order valence-electron chi connectivity index (χ3n) is 2.49. The zero-order chi connectivity index (χ0) is 11.7. The molecule has 2 rings (SSSR count). The van der Waals surface area contributed by atoms with Gasteiger partial charge in [-0.3, -0.25) is 9.20 Å². The Labute approximate surface area is 92.0 Å². The van der Waals surface area contributed by atoms with E-state index in [1.54, 1.807) is 16.8 Å². The molecule has 0 amide bonds. The summed E-state index contributed by atoms with van der Waals surface area (Å²) >= 11 is 0. The van der Waals surface area contributed by atoms with E-state index < -0.39 is 11.9 Å². The Morgan fingerprint density at radius 1 is 1.50 bits per heavy atom. The van der Waals surface area contributed by atoms with Crippen LogP contribution in [-0.4, -0.2) is 30.7 Å². The quantitative estimate of drug-likeness (QED) is 0.832. The van der Waals surface area contributed by atoms with Crippen LogP contribution in [0.4, 0.5) is 0 Å². The second-order valence-corrected chi connectivity index (χ2v) is 3.93. The molecule has 16 heavy (non-hydrogen) atoms. The van der Waals surface area contributed by atoms with Crippen molar-refractivity contribution in [2.45, 2.75) is 19.8 Å². The number of carboxylic acid groups (broad SMARTS) is 1. The molecule has 1 unspecified atom stereocenters. The molecule has 2 aromatic rings. The van der Waals surface area contributed by atoms with Gasteiger partial charge in [-0.25, -0.2) is 4.98 Å². The SMILES string of the molecule is CC(C)C(C(=O)O)c1cnc2nnccn12. The van der Waals surface area contributed by atoms with Crippen LogP contribution in [0.25, 0.3) is 5.78 Å². The minimum atomic E-state index is -0.853. The second kappa shape index (κ2) is 3.88. The summed E-state index contributed by atoms with van der Waals surface area (Å²) in [6.07, 6.45) is 4.73. The highest BCUT2D eigenvalue weighted by Gasteiger charge is 2.26. The third kappa shape index (κ3) is 1.62. The number of rotatable bonds is 3. The van der Waals surface area contributed by atoms with Crippen molar-refractivity contribution in [1.82, 2.24) is 19.6 Å². The van der Waals surface area contributed by atoms with Crippen molar-refractivity contribution in [1.29, 1.82) is 0 Å². The first-order chi connectivity index (χ1) is 7.61. The van der Waals surface area contributed by atoms with Gasteiger partial charge in [0, 0.05) is 6.20 Å². The van der Waals surface area contributed by atoms with Gasteiger partial charge in [-0.05, 0) is 5.92 Å². The Hall–Kier alpha value is -1.98. The molecule has 6 heteroatoms. The topological polar surface area (TPSA) is 80.4 Å². The fraction of sp³-hybridized carbons (Fsp3) is 0.400. The van der Waals surface area contributed by atoms with Gasteiger partial charge in [0.25, 0.3) is 5.78 Å². The standard InChI is InChI=1S/C10H12N4O2/c1-6(2)8(9(15)16)7-5-11-10-13-12-3-4-14(7)10/h3-6,8H,1-2H3,(H,15,16). The molecule has 0 aliphatic heterocycles. The molecule has 2 aromatic heterocycles. The van der Waals surface area contributed by atoms with E-state index in [9.17, 15) is 9.90 Å². The largest absolute Gasteiger partial charge is 0.481 e. The first-order valence-electron chi connectivity index (χ1n) is 4.98. The predicted molar refractivity (Wildman–Crippen MR) is 56.0 cm³/mol. The molecule has 0 saturated heterocycles. The maximum Gasteiger partial charge on any atom is 0.312 e. The molecular formula is C10H12N4O2. The fourth-order valence-electron chi connectivity index (χ4n) is 1.76. The van der Waals surface area contributed by atoms with Gasteiger partial charge in [0.05, 0.1) is 18.1 Å². The van der Waals surface area contributed by atoms with Crippen LogP contribution in [-0.2, 0) is 4.79 Å². The molecule has 84 valence electrons. The van der Waals surface area contributed by atoms with E-state index in [2.05, 4.69) is 15.2 Å². The lowest BCUT2D eigenvalue weighted by molar-refractivity contribution is -0.140. The highest BCUT2D eigenvalue weighted by atomic mass is 16.4. The molecule has 0 bridgehead atoms. The Morgan fingerprint density at radius 2 is 2.25 bits per heavy atom. The van der Waals surface area contributed by atoms with Gasteiger partial charge in [0.1, 0.15) is 5.92 Å². The number of hydrogen-bond acceptors (Lipinski definition) is 4. The summed E-state index contributed by atoms with van der Waals surface area (Å²) in [6, 6.07) is 0. The van der Waals surface area contributed by atoms with Crippen LogP contribution in [0.5, 0.6) is 0 Å². The molecule has 0 aliphatic rings. The van der Waals surface area contributed by atoms with Crippen LogP contribution in [0, 0.1) is 5.92 Å². The summed E-state index contributed by atoms with van der Waals surface area (Å²) in [6.45, 7) is 3.74. The van der Waals surface area contributed by atoms with Gasteiger partial charge in [-0.2, -0.15) is 5.10 Å².